The third-order valence-corrected chi connectivity index (χ3v) is 5.00. The Morgan fingerprint density at radius 2 is 2.06 bits per heavy atom. The molecule has 0 saturated carbocycles. The molecule has 2 unspecified atom stereocenters. The lowest BCUT2D eigenvalue weighted by molar-refractivity contribution is 0.0222. The molecule has 0 aromatic heterocycles. The first kappa shape index (κ1) is 16.2. The van der Waals surface area contributed by atoms with Crippen LogP contribution in [0.15, 0.2) is 23.3 Å². The van der Waals surface area contributed by atoms with E-state index in [0.29, 0.717) is 5.92 Å². The number of halogens is 1. The molecule has 2 heteroatoms. The van der Waals surface area contributed by atoms with Gasteiger partial charge in [-0.3, -0.25) is 0 Å². The van der Waals surface area contributed by atoms with Crippen LogP contribution in [0.2, 0.25) is 0 Å². The van der Waals surface area contributed by atoms with E-state index in [9.17, 15) is 0 Å². The van der Waals surface area contributed by atoms with Gasteiger partial charge >= 0.3 is 0 Å². The SMILES string of the molecule is C=C(C)C1CC(CC(C)(C)OC)=C(C)CC(I)C1. The van der Waals surface area contributed by atoms with Crippen molar-refractivity contribution >= 4 is 22.6 Å². The van der Waals surface area contributed by atoms with Gasteiger partial charge in [-0.1, -0.05) is 45.9 Å². The lowest BCUT2D eigenvalue weighted by Gasteiger charge is -2.27. The van der Waals surface area contributed by atoms with Crippen LogP contribution in [-0.2, 0) is 4.74 Å². The van der Waals surface area contributed by atoms with Crippen molar-refractivity contribution in [2.45, 2.75) is 62.9 Å². The summed E-state index contributed by atoms with van der Waals surface area (Å²) < 4.78 is 6.34. The Hall–Kier alpha value is 0.170. The zero-order chi connectivity index (χ0) is 13.9. The Balaban J connectivity index is 2.91. The van der Waals surface area contributed by atoms with E-state index in [4.69, 9.17) is 4.74 Å². The van der Waals surface area contributed by atoms with Crippen molar-refractivity contribution < 1.29 is 4.74 Å². The van der Waals surface area contributed by atoms with E-state index >= 15 is 0 Å². The van der Waals surface area contributed by atoms with Crippen molar-refractivity contribution in [3.63, 3.8) is 0 Å². The molecule has 0 saturated heterocycles. The summed E-state index contributed by atoms with van der Waals surface area (Å²) in [5.74, 6) is 0.645. The van der Waals surface area contributed by atoms with Crippen LogP contribution in [0.25, 0.3) is 0 Å². The summed E-state index contributed by atoms with van der Waals surface area (Å²) in [5.41, 5.74) is 4.44. The Morgan fingerprint density at radius 1 is 1.44 bits per heavy atom. The molecule has 1 rings (SSSR count). The van der Waals surface area contributed by atoms with Crippen molar-refractivity contribution in [1.82, 2.24) is 0 Å². The molecule has 0 aromatic rings. The molecule has 0 heterocycles. The minimum Gasteiger partial charge on any atom is -0.378 e. The van der Waals surface area contributed by atoms with Gasteiger partial charge in [0, 0.05) is 11.0 Å². The summed E-state index contributed by atoms with van der Waals surface area (Å²) in [6, 6.07) is 0. The summed E-state index contributed by atoms with van der Waals surface area (Å²) in [7, 11) is 1.81. The number of hydrogen-bond donors (Lipinski definition) is 0. The zero-order valence-corrected chi connectivity index (χ0v) is 14.6. The van der Waals surface area contributed by atoms with Crippen molar-refractivity contribution in [1.29, 1.82) is 0 Å². The maximum Gasteiger partial charge on any atom is 0.0659 e. The number of methoxy groups -OCH3 is 1. The van der Waals surface area contributed by atoms with Crippen LogP contribution in [0.1, 0.15) is 53.4 Å². The van der Waals surface area contributed by atoms with Gasteiger partial charge in [-0.2, -0.15) is 0 Å². The summed E-state index contributed by atoms with van der Waals surface area (Å²) in [6.45, 7) is 13.0. The number of alkyl halides is 1. The van der Waals surface area contributed by atoms with Crippen LogP contribution in [0.3, 0.4) is 0 Å². The number of ether oxygens (including phenoxy) is 1. The molecular weight excluding hydrogens is 335 g/mol. The Labute approximate surface area is 126 Å². The van der Waals surface area contributed by atoms with Gasteiger partial charge in [-0.25, -0.2) is 0 Å². The maximum atomic E-state index is 5.59. The molecule has 0 bridgehead atoms. The van der Waals surface area contributed by atoms with Crippen LogP contribution in [0.4, 0.5) is 0 Å². The van der Waals surface area contributed by atoms with Crippen LogP contribution in [-0.4, -0.2) is 16.6 Å². The standard InChI is InChI=1S/C16H27IO/c1-11(2)13-8-14(10-16(4,5)18-6)12(3)7-15(17)9-13/h13,15H,1,7-10H2,2-6H3. The average Bonchev–Trinajstić information content (AvgIpc) is 2.38. The number of allylic oxidation sites excluding steroid dienone is 2. The molecule has 0 spiro atoms. The molecule has 0 radical (unpaired) electrons. The molecular formula is C16H27IO. The average molecular weight is 362 g/mol. The number of rotatable bonds is 4. The van der Waals surface area contributed by atoms with Gasteiger partial charge in [0.25, 0.3) is 0 Å². The minimum absolute atomic E-state index is 0.0542. The molecule has 1 aliphatic carbocycles. The van der Waals surface area contributed by atoms with E-state index in [2.05, 4.69) is 56.9 Å². The van der Waals surface area contributed by atoms with E-state index in [0.717, 1.165) is 10.3 Å². The van der Waals surface area contributed by atoms with Crippen molar-refractivity contribution in [2.24, 2.45) is 5.92 Å². The lowest BCUT2D eigenvalue weighted by Crippen LogP contribution is -2.23. The Kier molecular flexibility index (Phi) is 5.91. The normalized spacial score (nSPS) is 26.1. The minimum atomic E-state index is -0.0542. The predicted octanol–water partition coefficient (Wildman–Crippen LogP) is 5.30. The smallest absolute Gasteiger partial charge is 0.0659 e. The van der Waals surface area contributed by atoms with Crippen molar-refractivity contribution in [2.75, 3.05) is 7.11 Å². The molecule has 104 valence electrons. The summed E-state index contributed by atoms with van der Waals surface area (Å²) in [6.07, 6.45) is 4.71. The summed E-state index contributed by atoms with van der Waals surface area (Å²) in [5, 5.41) is 0. The highest BCUT2D eigenvalue weighted by Gasteiger charge is 2.26. The van der Waals surface area contributed by atoms with Crippen LogP contribution < -0.4 is 0 Å². The monoisotopic (exact) mass is 362 g/mol. The summed E-state index contributed by atoms with van der Waals surface area (Å²) in [4.78, 5) is 0. The Bertz CT molecular complexity index is 341. The molecule has 0 aromatic carbocycles. The van der Waals surface area contributed by atoms with E-state index in [-0.39, 0.29) is 5.60 Å². The van der Waals surface area contributed by atoms with Gasteiger partial charge in [0.15, 0.2) is 0 Å². The molecule has 2 atom stereocenters. The fraction of sp³-hybridized carbons (Fsp3) is 0.750. The Morgan fingerprint density at radius 3 is 2.56 bits per heavy atom. The first-order chi connectivity index (χ1) is 8.25. The highest BCUT2D eigenvalue weighted by Crippen LogP contribution is 2.38. The quantitative estimate of drug-likeness (QED) is 0.375. The number of hydrogen-bond acceptors (Lipinski definition) is 1. The molecule has 1 aliphatic rings. The van der Waals surface area contributed by atoms with Gasteiger partial charge in [0.2, 0.25) is 0 Å². The largest absolute Gasteiger partial charge is 0.378 e. The van der Waals surface area contributed by atoms with Gasteiger partial charge in [0.05, 0.1) is 5.60 Å². The van der Waals surface area contributed by atoms with Gasteiger partial charge in [-0.05, 0) is 59.3 Å². The third kappa shape index (κ3) is 4.69. The van der Waals surface area contributed by atoms with Gasteiger partial charge < -0.3 is 4.74 Å². The molecule has 0 N–H and O–H groups in total. The van der Waals surface area contributed by atoms with Crippen molar-refractivity contribution in [3.05, 3.63) is 23.3 Å². The van der Waals surface area contributed by atoms with Crippen LogP contribution in [0.5, 0.6) is 0 Å². The summed E-state index contributed by atoms with van der Waals surface area (Å²) >= 11 is 2.60. The van der Waals surface area contributed by atoms with E-state index in [1.165, 1.54) is 24.8 Å². The topological polar surface area (TPSA) is 9.23 Å². The third-order valence-electron chi connectivity index (χ3n) is 4.05. The maximum absolute atomic E-state index is 5.59. The first-order valence-electron chi connectivity index (χ1n) is 6.77. The van der Waals surface area contributed by atoms with Crippen LogP contribution >= 0.6 is 22.6 Å². The lowest BCUT2D eigenvalue weighted by atomic mass is 9.86. The second-order valence-electron chi connectivity index (χ2n) is 6.31. The highest BCUT2D eigenvalue weighted by atomic mass is 127. The van der Waals surface area contributed by atoms with Gasteiger partial charge in [-0.15, -0.1) is 0 Å². The fourth-order valence-corrected chi connectivity index (χ4v) is 3.88. The molecule has 0 fully saturated rings. The van der Waals surface area contributed by atoms with Crippen LogP contribution in [0, 0.1) is 5.92 Å². The predicted molar refractivity (Wildman–Crippen MR) is 88.4 cm³/mol. The van der Waals surface area contributed by atoms with E-state index in [1.807, 2.05) is 7.11 Å². The van der Waals surface area contributed by atoms with Crippen molar-refractivity contribution in [3.8, 4) is 0 Å². The highest BCUT2D eigenvalue weighted by molar-refractivity contribution is 14.1. The van der Waals surface area contributed by atoms with E-state index < -0.39 is 0 Å². The van der Waals surface area contributed by atoms with Gasteiger partial charge in [0.1, 0.15) is 0 Å². The molecule has 18 heavy (non-hydrogen) atoms. The first-order valence-corrected chi connectivity index (χ1v) is 8.02. The molecule has 0 amide bonds. The fourth-order valence-electron chi connectivity index (χ4n) is 2.61. The molecule has 0 aliphatic heterocycles. The second kappa shape index (κ2) is 6.56. The van der Waals surface area contributed by atoms with E-state index in [1.54, 1.807) is 11.1 Å². The molecule has 1 nitrogen and oxygen atoms in total. The second-order valence-corrected chi connectivity index (χ2v) is 8.07. The zero-order valence-electron chi connectivity index (χ0n) is 12.5.